The Morgan fingerprint density at radius 2 is 1.76 bits per heavy atom. The number of ether oxygens (including phenoxy) is 1. The molecule has 0 fully saturated rings. The zero-order chi connectivity index (χ0) is 20.4. The third-order valence-corrected chi connectivity index (χ3v) is 4.75. The molecule has 1 heterocycles. The van der Waals surface area contributed by atoms with E-state index in [1.807, 2.05) is 49.4 Å². The van der Waals surface area contributed by atoms with E-state index in [0.29, 0.717) is 5.69 Å². The highest BCUT2D eigenvalue weighted by Crippen LogP contribution is 2.28. The maximum atomic E-state index is 14.4. The predicted octanol–water partition coefficient (Wildman–Crippen LogP) is 3.66. The van der Waals surface area contributed by atoms with Gasteiger partial charge < -0.3 is 4.74 Å². The molecule has 0 unspecified atom stereocenters. The Morgan fingerprint density at radius 3 is 2.48 bits per heavy atom. The van der Waals surface area contributed by atoms with Crippen LogP contribution >= 0.6 is 0 Å². The van der Waals surface area contributed by atoms with Crippen molar-refractivity contribution in [1.29, 1.82) is 0 Å². The van der Waals surface area contributed by atoms with Gasteiger partial charge in [-0.25, -0.2) is 9.18 Å². The summed E-state index contributed by atoms with van der Waals surface area (Å²) in [6.45, 7) is 1.99. The van der Waals surface area contributed by atoms with Crippen LogP contribution < -0.4 is 10.4 Å². The number of hydrogen-bond donors (Lipinski definition) is 0. The summed E-state index contributed by atoms with van der Waals surface area (Å²) in [6.07, 6.45) is 0. The Hall–Kier alpha value is -3.74. The number of halogens is 1. The minimum absolute atomic E-state index is 0.0835. The average Bonchev–Trinajstić information content (AvgIpc) is 3.07. The van der Waals surface area contributed by atoms with Crippen LogP contribution in [-0.4, -0.2) is 19.8 Å². The van der Waals surface area contributed by atoms with Crippen LogP contribution in [0.2, 0.25) is 0 Å². The highest BCUT2D eigenvalue weighted by atomic mass is 19.1. The molecule has 7 heteroatoms. The first-order valence-corrected chi connectivity index (χ1v) is 9.10. The number of rotatable bonds is 5. The Balaban J connectivity index is 1.67. The number of benzene rings is 3. The zero-order valence-electron chi connectivity index (χ0n) is 16.0. The van der Waals surface area contributed by atoms with E-state index in [4.69, 9.17) is 4.74 Å². The van der Waals surface area contributed by atoms with Crippen LogP contribution in [0.25, 0.3) is 16.8 Å². The molecule has 29 heavy (non-hydrogen) atoms. The lowest BCUT2D eigenvalue weighted by Gasteiger charge is -2.14. The summed E-state index contributed by atoms with van der Waals surface area (Å²) < 4.78 is 22.6. The van der Waals surface area contributed by atoms with Gasteiger partial charge in [-0.2, -0.15) is 9.36 Å². The van der Waals surface area contributed by atoms with Gasteiger partial charge in [0.15, 0.2) is 11.6 Å². The summed E-state index contributed by atoms with van der Waals surface area (Å²) in [7, 11) is 1.53. The number of tetrazole rings is 1. The van der Waals surface area contributed by atoms with Gasteiger partial charge in [-0.05, 0) is 52.2 Å². The van der Waals surface area contributed by atoms with E-state index < -0.39 is 5.82 Å². The molecule has 4 rings (SSSR count). The van der Waals surface area contributed by atoms with Crippen molar-refractivity contribution in [2.75, 3.05) is 0 Å². The highest BCUT2D eigenvalue weighted by Gasteiger charge is 2.15. The summed E-state index contributed by atoms with van der Waals surface area (Å²) in [4.78, 5) is 12.3. The lowest BCUT2D eigenvalue weighted by Crippen LogP contribution is -2.23. The van der Waals surface area contributed by atoms with Crippen LogP contribution in [-0.2, 0) is 13.7 Å². The van der Waals surface area contributed by atoms with Gasteiger partial charge in [0.2, 0.25) is 0 Å². The molecular weight excluding hydrogens is 371 g/mol. The molecule has 0 saturated carbocycles. The van der Waals surface area contributed by atoms with Crippen molar-refractivity contribution >= 4 is 0 Å². The molecule has 0 aliphatic carbocycles. The van der Waals surface area contributed by atoms with E-state index >= 15 is 0 Å². The Morgan fingerprint density at radius 1 is 0.966 bits per heavy atom. The average molecular weight is 390 g/mol. The zero-order valence-corrected chi connectivity index (χ0v) is 16.0. The third kappa shape index (κ3) is 3.67. The lowest BCUT2D eigenvalue weighted by molar-refractivity contribution is 0.289. The largest absolute Gasteiger partial charge is 0.486 e. The van der Waals surface area contributed by atoms with Crippen molar-refractivity contribution in [3.8, 4) is 22.6 Å². The van der Waals surface area contributed by atoms with E-state index in [2.05, 4.69) is 10.4 Å². The van der Waals surface area contributed by atoms with Crippen LogP contribution in [0, 0.1) is 12.7 Å². The fourth-order valence-electron chi connectivity index (χ4n) is 3.11. The molecule has 0 bridgehead atoms. The Kier molecular flexibility index (Phi) is 4.95. The van der Waals surface area contributed by atoms with Gasteiger partial charge in [-0.1, -0.05) is 48.5 Å². The molecule has 0 spiro atoms. The van der Waals surface area contributed by atoms with Crippen LogP contribution in [0.15, 0.2) is 71.5 Å². The minimum atomic E-state index is -0.448. The van der Waals surface area contributed by atoms with Crippen molar-refractivity contribution in [2.24, 2.45) is 7.05 Å². The highest BCUT2D eigenvalue weighted by molar-refractivity contribution is 5.65. The first kappa shape index (κ1) is 18.6. The first-order valence-electron chi connectivity index (χ1n) is 9.10. The fraction of sp³-hybridized carbons (Fsp3) is 0.136. The van der Waals surface area contributed by atoms with Gasteiger partial charge in [0, 0.05) is 12.6 Å². The van der Waals surface area contributed by atoms with Gasteiger partial charge in [-0.3, -0.25) is 0 Å². The molecule has 0 atom stereocenters. The number of hydrogen-bond acceptors (Lipinski definition) is 4. The van der Waals surface area contributed by atoms with Crippen LogP contribution in [0.3, 0.4) is 0 Å². The van der Waals surface area contributed by atoms with Crippen LogP contribution in [0.1, 0.15) is 11.1 Å². The summed E-state index contributed by atoms with van der Waals surface area (Å²) in [5, 5.41) is 7.66. The topological polar surface area (TPSA) is 61.9 Å². The SMILES string of the molecule is Cc1cccc(-n2nnn(C)c2=O)c1COc1cc(-c2ccccc2)ccc1F. The smallest absolute Gasteiger partial charge is 0.368 e. The van der Waals surface area contributed by atoms with Crippen molar-refractivity contribution in [3.63, 3.8) is 0 Å². The minimum Gasteiger partial charge on any atom is -0.486 e. The second-order valence-corrected chi connectivity index (χ2v) is 6.67. The number of aryl methyl sites for hydroxylation is 2. The van der Waals surface area contributed by atoms with Gasteiger partial charge in [0.1, 0.15) is 6.61 Å². The molecule has 6 nitrogen and oxygen atoms in total. The Labute approximate surface area is 166 Å². The Bertz CT molecular complexity index is 1220. The van der Waals surface area contributed by atoms with Gasteiger partial charge in [0.05, 0.1) is 5.69 Å². The summed E-state index contributed by atoms with van der Waals surface area (Å²) in [5.74, 6) is -0.302. The van der Waals surface area contributed by atoms with Gasteiger partial charge in [-0.15, -0.1) is 0 Å². The molecule has 0 aliphatic heterocycles. The monoisotopic (exact) mass is 390 g/mol. The van der Waals surface area contributed by atoms with Crippen molar-refractivity contribution in [3.05, 3.63) is 94.2 Å². The van der Waals surface area contributed by atoms with E-state index in [-0.39, 0.29) is 18.0 Å². The molecular formula is C22H19FN4O2. The number of aromatic nitrogens is 4. The summed E-state index contributed by atoms with van der Waals surface area (Å²) >= 11 is 0. The van der Waals surface area contributed by atoms with Crippen molar-refractivity contribution < 1.29 is 9.13 Å². The van der Waals surface area contributed by atoms with E-state index in [1.54, 1.807) is 18.2 Å². The lowest BCUT2D eigenvalue weighted by atomic mass is 10.1. The summed E-state index contributed by atoms with van der Waals surface area (Å²) in [6, 6.07) is 20.0. The van der Waals surface area contributed by atoms with Crippen molar-refractivity contribution in [1.82, 2.24) is 19.8 Å². The predicted molar refractivity (Wildman–Crippen MR) is 108 cm³/mol. The van der Waals surface area contributed by atoms with Crippen molar-refractivity contribution in [2.45, 2.75) is 13.5 Å². The van der Waals surface area contributed by atoms with E-state index in [9.17, 15) is 9.18 Å². The molecule has 1 aromatic heterocycles. The molecule has 0 N–H and O–H groups in total. The van der Waals surface area contributed by atoms with E-state index in [1.165, 1.54) is 17.8 Å². The third-order valence-electron chi connectivity index (χ3n) is 4.75. The maximum absolute atomic E-state index is 14.4. The molecule has 0 amide bonds. The molecule has 146 valence electrons. The quantitative estimate of drug-likeness (QED) is 0.522. The summed E-state index contributed by atoms with van der Waals surface area (Å²) in [5.41, 5.74) is 3.66. The molecule has 3 aromatic carbocycles. The standard InChI is InChI=1S/C22H19FN4O2/c1-15-7-6-10-20(27-22(28)26(2)24-25-27)18(15)14-29-21-13-17(11-12-19(21)23)16-8-4-3-5-9-16/h3-13H,14H2,1-2H3. The second kappa shape index (κ2) is 7.71. The fourth-order valence-corrected chi connectivity index (χ4v) is 3.11. The first-order chi connectivity index (χ1) is 14.0. The van der Waals surface area contributed by atoms with Gasteiger partial charge in [0.25, 0.3) is 0 Å². The maximum Gasteiger partial charge on any atom is 0.368 e. The van der Waals surface area contributed by atoms with Crippen LogP contribution in [0.5, 0.6) is 5.75 Å². The molecule has 0 aliphatic rings. The molecule has 4 aromatic rings. The normalized spacial score (nSPS) is 10.9. The molecule has 0 radical (unpaired) electrons. The molecule has 0 saturated heterocycles. The number of nitrogens with zero attached hydrogens (tertiary/aromatic N) is 4. The van der Waals surface area contributed by atoms with Gasteiger partial charge >= 0.3 is 5.69 Å². The van der Waals surface area contributed by atoms with Crippen LogP contribution in [0.4, 0.5) is 4.39 Å². The second-order valence-electron chi connectivity index (χ2n) is 6.67. The van der Waals surface area contributed by atoms with E-state index in [0.717, 1.165) is 26.9 Å².